The van der Waals surface area contributed by atoms with E-state index < -0.39 is 0 Å². The lowest BCUT2D eigenvalue weighted by atomic mass is 9.76. The molecule has 0 saturated heterocycles. The normalized spacial score (nSPS) is 22.0. The lowest BCUT2D eigenvalue weighted by molar-refractivity contribution is -0.118. The number of rotatable bonds is 7. The van der Waals surface area contributed by atoms with Crippen molar-refractivity contribution < 1.29 is 12.4 Å². The van der Waals surface area contributed by atoms with E-state index in [9.17, 15) is 9.59 Å². The van der Waals surface area contributed by atoms with Gasteiger partial charge in [-0.05, 0) is 136 Å². The molecule has 4 heteroatoms. The molecule has 5 rings (SSSR count). The van der Waals surface area contributed by atoms with Crippen LogP contribution in [-0.4, -0.2) is 22.9 Å². The summed E-state index contributed by atoms with van der Waals surface area (Å²) in [5.74, 6) is 2.11. The van der Waals surface area contributed by atoms with E-state index in [1.54, 1.807) is 6.92 Å². The summed E-state index contributed by atoms with van der Waals surface area (Å²) >= 11 is 0. The van der Waals surface area contributed by atoms with Crippen LogP contribution in [0, 0.1) is 31.1 Å². The van der Waals surface area contributed by atoms with E-state index in [1.807, 2.05) is 51.1 Å². The minimum Gasteiger partial charge on any atom is -0.323 e. The van der Waals surface area contributed by atoms with Crippen LogP contribution in [0.25, 0.3) is 0 Å². The maximum atomic E-state index is 11.4. The van der Waals surface area contributed by atoms with Gasteiger partial charge < -0.3 is 10.1 Å². The third kappa shape index (κ3) is 13.5. The molecule has 2 fully saturated rings. The summed E-state index contributed by atoms with van der Waals surface area (Å²) < 4.78 is 0. The Morgan fingerprint density at radius 2 is 1.62 bits per heavy atom. The molecule has 3 aliphatic rings. The fourth-order valence-corrected chi connectivity index (χ4v) is 6.28. The topological polar surface area (TPSA) is 58.5 Å². The summed E-state index contributed by atoms with van der Waals surface area (Å²) in [6.45, 7) is 27.7. The Morgan fingerprint density at radius 1 is 1.00 bits per heavy atom. The van der Waals surface area contributed by atoms with Gasteiger partial charge in [0.1, 0.15) is 5.78 Å². The first-order valence-corrected chi connectivity index (χ1v) is 17.6. The zero-order valence-electron chi connectivity index (χ0n) is 31.1. The number of carbonyl (C=O) groups is 2. The van der Waals surface area contributed by atoms with Crippen LogP contribution in [0.1, 0.15) is 132 Å². The van der Waals surface area contributed by atoms with Crippen LogP contribution in [0.3, 0.4) is 0 Å². The van der Waals surface area contributed by atoms with Crippen molar-refractivity contribution in [2.75, 3.05) is 5.32 Å². The molecule has 0 spiro atoms. The molecule has 2 aliphatic carbocycles. The first-order chi connectivity index (χ1) is 22.1. The Hall–Kier alpha value is -3.53. The lowest BCUT2D eigenvalue weighted by Gasteiger charge is -2.29. The molecule has 48 heavy (non-hydrogen) atoms. The number of hydrogen-bond acceptors (Lipinski definition) is 3. The van der Waals surface area contributed by atoms with Crippen LogP contribution in [0.4, 0.5) is 5.69 Å². The van der Waals surface area contributed by atoms with E-state index in [2.05, 4.69) is 84.3 Å². The number of carbonyl (C=O) groups excluding carboxylic acids is 2. The van der Waals surface area contributed by atoms with Crippen LogP contribution in [0.2, 0.25) is 0 Å². The zero-order valence-corrected chi connectivity index (χ0v) is 31.1. The Bertz CT molecular complexity index is 1440. The molecule has 1 N–H and O–H groups in total. The maximum Gasteiger partial charge on any atom is 0.247 e. The van der Waals surface area contributed by atoms with Gasteiger partial charge in [-0.1, -0.05) is 91.1 Å². The summed E-state index contributed by atoms with van der Waals surface area (Å²) in [7, 11) is 0. The van der Waals surface area contributed by atoms with E-state index in [0.29, 0.717) is 29.0 Å². The highest BCUT2D eigenvalue weighted by Gasteiger charge is 2.54. The number of hydrogen-bond donors (Lipinski definition) is 1. The van der Waals surface area contributed by atoms with E-state index in [1.165, 1.54) is 66.2 Å². The number of fused-ring (bicyclic) bond motifs is 1. The van der Waals surface area contributed by atoms with Crippen LogP contribution in [0.5, 0.6) is 0 Å². The largest absolute Gasteiger partial charge is 0.323 e. The van der Waals surface area contributed by atoms with Crippen molar-refractivity contribution in [1.29, 1.82) is 0 Å². The summed E-state index contributed by atoms with van der Waals surface area (Å²) in [4.78, 5) is 27.3. The smallest absolute Gasteiger partial charge is 0.247 e. The third-order valence-electron chi connectivity index (χ3n) is 9.36. The number of aliphatic imine (C=N–C) groups is 1. The fraction of sp³-hybridized carbons (Fsp3) is 0.523. The van der Waals surface area contributed by atoms with E-state index >= 15 is 0 Å². The van der Waals surface area contributed by atoms with Gasteiger partial charge in [0.05, 0.1) is 5.54 Å². The molecule has 268 valence electrons. The fourth-order valence-electron chi connectivity index (χ4n) is 6.28. The van der Waals surface area contributed by atoms with Crippen molar-refractivity contribution in [1.82, 2.24) is 0 Å². The van der Waals surface area contributed by atoms with Crippen LogP contribution >= 0.6 is 0 Å². The lowest BCUT2D eigenvalue weighted by Crippen LogP contribution is -2.20. The molecule has 0 bridgehead atoms. The highest BCUT2D eigenvalue weighted by molar-refractivity contribution is 5.99. The van der Waals surface area contributed by atoms with Gasteiger partial charge in [-0.2, -0.15) is 0 Å². The zero-order chi connectivity index (χ0) is 35.4. The molecule has 0 radical (unpaired) electrons. The quantitative estimate of drug-likeness (QED) is 0.238. The van der Waals surface area contributed by atoms with E-state index in [4.69, 9.17) is 4.99 Å². The number of allylic oxidation sites excluding steroid dienone is 2. The third-order valence-corrected chi connectivity index (χ3v) is 9.36. The molecule has 0 aromatic heterocycles. The van der Waals surface area contributed by atoms with Crippen molar-refractivity contribution in [2.24, 2.45) is 22.2 Å². The molecule has 2 aromatic carbocycles. The average Bonchev–Trinajstić information content (AvgIpc) is 3.71. The van der Waals surface area contributed by atoms with Crippen molar-refractivity contribution >= 4 is 23.1 Å². The highest BCUT2D eigenvalue weighted by atomic mass is 16.1. The van der Waals surface area contributed by atoms with Gasteiger partial charge in [-0.15, -0.1) is 6.58 Å². The predicted octanol–water partition coefficient (Wildman–Crippen LogP) is 12.5. The van der Waals surface area contributed by atoms with Gasteiger partial charge in [-0.25, -0.2) is 0 Å². The second kappa shape index (κ2) is 19.5. The van der Waals surface area contributed by atoms with Gasteiger partial charge in [0.2, 0.25) is 5.91 Å². The molecule has 4 nitrogen and oxygen atoms in total. The summed E-state index contributed by atoms with van der Waals surface area (Å²) in [5, 5.41) is 2.68. The van der Waals surface area contributed by atoms with Crippen molar-refractivity contribution in [3.05, 3.63) is 102 Å². The van der Waals surface area contributed by atoms with Crippen molar-refractivity contribution in [3.63, 3.8) is 0 Å². The van der Waals surface area contributed by atoms with Gasteiger partial charge in [0, 0.05) is 26.6 Å². The van der Waals surface area contributed by atoms with Crippen molar-refractivity contribution in [3.8, 4) is 0 Å². The molecule has 1 amide bonds. The van der Waals surface area contributed by atoms with Crippen LogP contribution < -0.4 is 5.32 Å². The first-order valence-electron chi connectivity index (χ1n) is 17.6. The molecule has 2 unspecified atom stereocenters. The first kappa shape index (κ1) is 42.5. The summed E-state index contributed by atoms with van der Waals surface area (Å²) in [6, 6.07) is 14.8. The number of dihydropyridines is 1. The maximum absolute atomic E-state index is 11.4. The number of nitrogens with one attached hydrogen (secondary N) is 1. The minimum atomic E-state index is -0.180. The summed E-state index contributed by atoms with van der Waals surface area (Å²) in [5.41, 5.74) is 9.37. The second-order valence-electron chi connectivity index (χ2n) is 14.6. The van der Waals surface area contributed by atoms with Gasteiger partial charge in [-0.3, -0.25) is 9.79 Å². The number of ketones is 1. The second-order valence-corrected chi connectivity index (χ2v) is 14.6. The van der Waals surface area contributed by atoms with Gasteiger partial charge in [0.25, 0.3) is 0 Å². The Morgan fingerprint density at radius 3 is 2.15 bits per heavy atom. The molecule has 2 atom stereocenters. The predicted molar refractivity (Wildman–Crippen MR) is 215 cm³/mol. The molecule has 2 aromatic rings. The Balaban J connectivity index is 0. The SMILES string of the molecule is C.C=CC(=O)Nc1cccc(C)c1.C=CC(C)(C)C.CC.CC(=O)CC1CCC(c2ccc(CC34CC3C=C(C)C(C)=N4)c(C)c2)CC1.[HH].[HH]. The number of benzene rings is 2. The van der Waals surface area contributed by atoms with Gasteiger partial charge >= 0.3 is 0 Å². The van der Waals surface area contributed by atoms with Crippen molar-refractivity contribution in [2.45, 2.75) is 133 Å². The Kier molecular flexibility index (Phi) is 17.2. The highest BCUT2D eigenvalue weighted by Crippen LogP contribution is 2.53. The van der Waals surface area contributed by atoms with Gasteiger partial charge in [0.15, 0.2) is 0 Å². The molecule has 2 saturated carbocycles. The van der Waals surface area contributed by atoms with Crippen LogP contribution in [-0.2, 0) is 16.0 Å². The number of amides is 1. The molecule has 1 aliphatic heterocycles. The molecular weight excluding hydrogens is 588 g/mol. The number of nitrogens with zero attached hydrogens (tertiary/aromatic N) is 1. The number of Topliss-reactive ketones (excluding diaryl/α,β-unsaturated/α-hetero) is 1. The molecular formula is C44H70N2O2. The van der Waals surface area contributed by atoms with E-state index in [0.717, 1.165) is 24.1 Å². The monoisotopic (exact) mass is 659 g/mol. The standard InChI is InChI=1S/C25H33NO.C10H11NO.C6H12.C2H6.CH4.2H2/c1-16-12-24-15-25(24,26-19(16)4)14-23-10-9-22(11-17(23)2)21-7-5-20(6-8-21)13-18(3)27;1-3-10(12)11-9-6-4-5-8(2)7-9;1-5-6(2,3)4;1-2;;;/h9-12,20-21,24H,5-8,13-15H2,1-4H3;3-7H,1H2,2H3,(H,11,12);5H,1H2,2-4H3;1-2H3;1H4;2*1H. The average molecular weight is 659 g/mol. The number of anilines is 1. The number of aryl methyl sites for hydroxylation is 2. The summed E-state index contributed by atoms with van der Waals surface area (Å²) in [6.07, 6.45) is 13.6. The Labute approximate surface area is 297 Å². The minimum absolute atomic E-state index is 0. The molecule has 1 heterocycles. The van der Waals surface area contributed by atoms with E-state index in [-0.39, 0.29) is 21.7 Å². The van der Waals surface area contributed by atoms with Crippen LogP contribution in [0.15, 0.2) is 84.4 Å².